The van der Waals surface area contributed by atoms with Gasteiger partial charge in [0.25, 0.3) is 0 Å². The van der Waals surface area contributed by atoms with Crippen molar-refractivity contribution in [2.75, 3.05) is 24.2 Å². The molecule has 2 amide bonds. The van der Waals surface area contributed by atoms with E-state index in [1.54, 1.807) is 36.2 Å². The molecule has 0 aliphatic carbocycles. The van der Waals surface area contributed by atoms with Gasteiger partial charge < -0.3 is 10.2 Å². The van der Waals surface area contributed by atoms with Crippen LogP contribution in [0.1, 0.15) is 29.5 Å². The molecule has 0 aliphatic heterocycles. The molecule has 0 heterocycles. The molecule has 1 atom stereocenters. The lowest BCUT2D eigenvalue weighted by atomic mass is 10.0. The van der Waals surface area contributed by atoms with Gasteiger partial charge in [-0.05, 0) is 48.2 Å². The highest BCUT2D eigenvalue weighted by molar-refractivity contribution is 7.92. The van der Waals surface area contributed by atoms with E-state index in [1.165, 1.54) is 4.31 Å². The van der Waals surface area contributed by atoms with Crippen molar-refractivity contribution in [1.29, 1.82) is 0 Å². The average molecular weight is 556 g/mol. The van der Waals surface area contributed by atoms with Crippen molar-refractivity contribution in [2.45, 2.75) is 38.8 Å². The van der Waals surface area contributed by atoms with Crippen molar-refractivity contribution in [2.24, 2.45) is 0 Å². The maximum absolute atomic E-state index is 13.7. The van der Waals surface area contributed by atoms with E-state index in [2.05, 4.69) is 5.32 Å². The second-order valence-electron chi connectivity index (χ2n) is 9.19. The molecule has 38 heavy (non-hydrogen) atoms. The Bertz CT molecular complexity index is 1350. The van der Waals surface area contributed by atoms with E-state index in [0.717, 1.165) is 22.9 Å². The lowest BCUT2D eigenvalue weighted by molar-refractivity contribution is -0.141. The van der Waals surface area contributed by atoms with Gasteiger partial charge in [0.1, 0.15) is 6.04 Å². The molecule has 9 heteroatoms. The zero-order valence-electron chi connectivity index (χ0n) is 21.9. The summed E-state index contributed by atoms with van der Waals surface area (Å²) in [5, 5.41) is 3.13. The van der Waals surface area contributed by atoms with Crippen LogP contribution in [0.3, 0.4) is 0 Å². The van der Waals surface area contributed by atoms with Gasteiger partial charge in [-0.2, -0.15) is 0 Å². The van der Waals surface area contributed by atoms with Crippen molar-refractivity contribution >= 4 is 39.1 Å². The zero-order valence-corrected chi connectivity index (χ0v) is 23.5. The third kappa shape index (κ3) is 8.07. The van der Waals surface area contributed by atoms with Gasteiger partial charge in [0.05, 0.1) is 11.9 Å². The smallest absolute Gasteiger partial charge is 0.242 e. The molecule has 1 N–H and O–H groups in total. The van der Waals surface area contributed by atoms with Crippen LogP contribution in [-0.2, 0) is 32.6 Å². The molecule has 0 aromatic heterocycles. The Morgan fingerprint density at radius 2 is 1.66 bits per heavy atom. The zero-order chi connectivity index (χ0) is 27.7. The van der Waals surface area contributed by atoms with Crippen LogP contribution in [0.4, 0.5) is 5.69 Å². The molecule has 0 bridgehead atoms. The predicted molar refractivity (Wildman–Crippen MR) is 153 cm³/mol. The van der Waals surface area contributed by atoms with Crippen molar-refractivity contribution in [3.05, 3.63) is 101 Å². The van der Waals surface area contributed by atoms with Gasteiger partial charge in [-0.25, -0.2) is 8.42 Å². The van der Waals surface area contributed by atoms with Gasteiger partial charge in [-0.1, -0.05) is 72.3 Å². The molecule has 0 spiro atoms. The number of rotatable bonds is 12. The number of anilines is 1. The van der Waals surface area contributed by atoms with Gasteiger partial charge in [0.2, 0.25) is 21.8 Å². The Hall–Kier alpha value is -3.36. The maximum atomic E-state index is 13.7. The minimum atomic E-state index is -3.60. The summed E-state index contributed by atoms with van der Waals surface area (Å²) in [6.07, 6.45) is 1.83. The Kier molecular flexibility index (Phi) is 10.3. The second-order valence-corrected chi connectivity index (χ2v) is 11.5. The van der Waals surface area contributed by atoms with E-state index in [4.69, 9.17) is 11.6 Å². The average Bonchev–Trinajstić information content (AvgIpc) is 2.89. The summed E-state index contributed by atoms with van der Waals surface area (Å²) in [7, 11) is -2.03. The minimum absolute atomic E-state index is 0.0702. The highest BCUT2D eigenvalue weighted by Crippen LogP contribution is 2.23. The van der Waals surface area contributed by atoms with Crippen molar-refractivity contribution in [3.63, 3.8) is 0 Å². The summed E-state index contributed by atoms with van der Waals surface area (Å²) in [6, 6.07) is 23.2. The molecule has 0 fully saturated rings. The quantitative estimate of drug-likeness (QED) is 0.354. The van der Waals surface area contributed by atoms with Crippen molar-refractivity contribution < 1.29 is 18.0 Å². The molecule has 0 saturated carbocycles. The fourth-order valence-corrected chi connectivity index (χ4v) is 5.47. The van der Waals surface area contributed by atoms with E-state index in [1.807, 2.05) is 61.5 Å². The van der Waals surface area contributed by atoms with E-state index < -0.39 is 16.1 Å². The SMILES string of the molecule is CNC(=O)C(Cc1ccccc1)N(Cc1ccccc1C)C(=O)CCCN(c1cccc(Cl)c1)S(C)(=O)=O. The Balaban J connectivity index is 1.85. The molecule has 3 aromatic carbocycles. The summed E-state index contributed by atoms with van der Waals surface area (Å²) in [6.45, 7) is 2.34. The van der Waals surface area contributed by atoms with Crippen molar-refractivity contribution in [1.82, 2.24) is 10.2 Å². The first-order chi connectivity index (χ1) is 18.1. The second kappa shape index (κ2) is 13.4. The number of aryl methyl sites for hydroxylation is 1. The van der Waals surface area contributed by atoms with Crippen molar-refractivity contribution in [3.8, 4) is 0 Å². The van der Waals surface area contributed by atoms with Gasteiger partial charge in [0.15, 0.2) is 0 Å². The predicted octanol–water partition coefficient (Wildman–Crippen LogP) is 4.58. The first-order valence-corrected chi connectivity index (χ1v) is 14.7. The van der Waals surface area contributed by atoms with Gasteiger partial charge in [-0.3, -0.25) is 13.9 Å². The van der Waals surface area contributed by atoms with Crippen LogP contribution in [-0.4, -0.2) is 51.0 Å². The van der Waals surface area contributed by atoms with Crippen LogP contribution >= 0.6 is 11.6 Å². The van der Waals surface area contributed by atoms with Crippen LogP contribution in [0, 0.1) is 6.92 Å². The third-order valence-electron chi connectivity index (χ3n) is 6.37. The molecular formula is C29H34ClN3O4S. The molecule has 0 saturated heterocycles. The third-order valence-corrected chi connectivity index (χ3v) is 7.80. The minimum Gasteiger partial charge on any atom is -0.357 e. The number of carbonyl (C=O) groups excluding carboxylic acids is 2. The summed E-state index contributed by atoms with van der Waals surface area (Å²) in [4.78, 5) is 28.4. The maximum Gasteiger partial charge on any atom is 0.242 e. The Morgan fingerprint density at radius 1 is 0.974 bits per heavy atom. The normalized spacial score (nSPS) is 12.0. The summed E-state index contributed by atoms with van der Waals surface area (Å²) < 4.78 is 26.3. The number of hydrogen-bond donors (Lipinski definition) is 1. The number of likely N-dealkylation sites (N-methyl/N-ethyl adjacent to an activating group) is 1. The molecular weight excluding hydrogens is 522 g/mol. The molecule has 7 nitrogen and oxygen atoms in total. The lowest BCUT2D eigenvalue weighted by Crippen LogP contribution is -2.50. The number of sulfonamides is 1. The largest absolute Gasteiger partial charge is 0.357 e. The topological polar surface area (TPSA) is 86.8 Å². The summed E-state index contributed by atoms with van der Waals surface area (Å²) >= 11 is 6.08. The highest BCUT2D eigenvalue weighted by atomic mass is 35.5. The summed E-state index contributed by atoms with van der Waals surface area (Å²) in [5.74, 6) is -0.482. The molecule has 202 valence electrons. The fourth-order valence-electron chi connectivity index (χ4n) is 4.33. The molecule has 3 rings (SSSR count). The first kappa shape index (κ1) is 29.2. The Labute approximate surface area is 230 Å². The van der Waals surface area contributed by atoms with E-state index >= 15 is 0 Å². The van der Waals surface area contributed by atoms with Crippen LogP contribution < -0.4 is 9.62 Å². The fraction of sp³-hybridized carbons (Fsp3) is 0.310. The lowest BCUT2D eigenvalue weighted by Gasteiger charge is -2.32. The van der Waals surface area contributed by atoms with E-state index in [0.29, 0.717) is 17.1 Å². The monoisotopic (exact) mass is 555 g/mol. The van der Waals surface area contributed by atoms with E-state index in [9.17, 15) is 18.0 Å². The number of carbonyl (C=O) groups is 2. The molecule has 0 radical (unpaired) electrons. The van der Waals surface area contributed by atoms with Crippen LogP contribution in [0.25, 0.3) is 0 Å². The van der Waals surface area contributed by atoms with Crippen LogP contribution in [0.2, 0.25) is 5.02 Å². The highest BCUT2D eigenvalue weighted by Gasteiger charge is 2.30. The first-order valence-electron chi connectivity index (χ1n) is 12.4. The molecule has 3 aromatic rings. The van der Waals surface area contributed by atoms with Crippen LogP contribution in [0.5, 0.6) is 0 Å². The number of nitrogens with zero attached hydrogens (tertiary/aromatic N) is 2. The van der Waals surface area contributed by atoms with E-state index in [-0.39, 0.29) is 37.7 Å². The number of amides is 2. The Morgan fingerprint density at radius 3 is 2.29 bits per heavy atom. The molecule has 1 unspecified atom stereocenters. The summed E-state index contributed by atoms with van der Waals surface area (Å²) in [5.41, 5.74) is 3.34. The number of benzene rings is 3. The van der Waals surface area contributed by atoms with Gasteiger partial charge >= 0.3 is 0 Å². The van der Waals surface area contributed by atoms with Crippen LogP contribution in [0.15, 0.2) is 78.9 Å². The standard InChI is InChI=1S/C29H34ClN3O4S/c1-22-11-7-8-14-24(22)21-32(27(29(35)31-2)19-23-12-5-4-6-13-23)28(34)17-10-18-33(38(3,36)37)26-16-9-15-25(30)20-26/h4-9,11-16,20,27H,10,17-19,21H2,1-3H3,(H,31,35). The molecule has 0 aliphatic rings. The number of nitrogens with one attached hydrogen (secondary N) is 1. The number of halogens is 1. The van der Waals surface area contributed by atoms with Gasteiger partial charge in [-0.15, -0.1) is 0 Å². The van der Waals surface area contributed by atoms with Gasteiger partial charge in [0, 0.05) is 38.0 Å². The number of hydrogen-bond acceptors (Lipinski definition) is 4.